The van der Waals surface area contributed by atoms with Gasteiger partial charge in [0.2, 0.25) is 0 Å². The average Bonchev–Trinajstić information content (AvgIpc) is 2.27. The van der Waals surface area contributed by atoms with E-state index in [1.807, 2.05) is 0 Å². The number of hydrogen-bond donors (Lipinski definition) is 1. The summed E-state index contributed by atoms with van der Waals surface area (Å²) in [6.07, 6.45) is 4.74. The molecule has 3 nitrogen and oxygen atoms in total. The zero-order valence-electron chi connectivity index (χ0n) is 10.7. The van der Waals surface area contributed by atoms with Gasteiger partial charge in [0.25, 0.3) is 0 Å². The second-order valence-electron chi connectivity index (χ2n) is 5.70. The maximum atomic E-state index is 9.98. The Morgan fingerprint density at radius 3 is 2.62 bits per heavy atom. The summed E-state index contributed by atoms with van der Waals surface area (Å²) >= 11 is 0. The second kappa shape index (κ2) is 5.48. The van der Waals surface area contributed by atoms with E-state index in [1.54, 1.807) is 0 Å². The summed E-state index contributed by atoms with van der Waals surface area (Å²) in [4.78, 5) is 4.97. The molecule has 1 aliphatic heterocycles. The first kappa shape index (κ1) is 12.3. The van der Waals surface area contributed by atoms with Gasteiger partial charge in [0, 0.05) is 32.2 Å². The Hall–Kier alpha value is -0.120. The molecule has 3 atom stereocenters. The van der Waals surface area contributed by atoms with Crippen LogP contribution in [0.4, 0.5) is 0 Å². The van der Waals surface area contributed by atoms with Crippen LogP contribution in [0.2, 0.25) is 0 Å². The Morgan fingerprint density at radius 1 is 1.19 bits per heavy atom. The van der Waals surface area contributed by atoms with Gasteiger partial charge in [-0.25, -0.2) is 0 Å². The summed E-state index contributed by atoms with van der Waals surface area (Å²) in [6.45, 7) is 6.91. The molecule has 0 radical (unpaired) electrons. The van der Waals surface area contributed by atoms with Gasteiger partial charge in [0.05, 0.1) is 6.10 Å². The molecule has 1 heterocycles. The Kier molecular flexibility index (Phi) is 4.22. The number of aliphatic hydroxyl groups is 1. The summed E-state index contributed by atoms with van der Waals surface area (Å²) in [6, 6.07) is 0.662. The van der Waals surface area contributed by atoms with Crippen LogP contribution in [-0.2, 0) is 0 Å². The summed E-state index contributed by atoms with van der Waals surface area (Å²) < 4.78 is 0. The minimum absolute atomic E-state index is 0.0382. The summed E-state index contributed by atoms with van der Waals surface area (Å²) in [7, 11) is 2.21. The van der Waals surface area contributed by atoms with Crippen molar-refractivity contribution in [1.82, 2.24) is 9.80 Å². The van der Waals surface area contributed by atoms with Crippen molar-refractivity contribution in [2.24, 2.45) is 5.92 Å². The highest BCUT2D eigenvalue weighted by Crippen LogP contribution is 2.25. The molecule has 94 valence electrons. The van der Waals surface area contributed by atoms with Crippen molar-refractivity contribution in [3.63, 3.8) is 0 Å². The van der Waals surface area contributed by atoms with Crippen molar-refractivity contribution in [2.75, 3.05) is 33.2 Å². The second-order valence-corrected chi connectivity index (χ2v) is 5.70. The largest absolute Gasteiger partial charge is 0.393 e. The molecule has 1 saturated carbocycles. The molecule has 2 fully saturated rings. The number of likely N-dealkylation sites (N-methyl/N-ethyl adjacent to an activating group) is 1. The third-order valence-corrected chi connectivity index (χ3v) is 4.41. The number of hydrogen-bond acceptors (Lipinski definition) is 3. The lowest BCUT2D eigenvalue weighted by atomic mass is 9.86. The summed E-state index contributed by atoms with van der Waals surface area (Å²) in [5, 5.41) is 9.98. The molecule has 1 N–H and O–H groups in total. The molecule has 0 aromatic carbocycles. The SMILES string of the molecule is CC1CN(CC2CCCCC2O)CCN1C. The zero-order valence-corrected chi connectivity index (χ0v) is 10.7. The standard InChI is InChI=1S/C13H26N2O/c1-11-9-15(8-7-14(11)2)10-12-5-3-4-6-13(12)16/h11-13,16H,3-10H2,1-2H3. The van der Waals surface area contributed by atoms with Crippen molar-refractivity contribution in [1.29, 1.82) is 0 Å². The molecular formula is C13H26N2O. The lowest BCUT2D eigenvalue weighted by Crippen LogP contribution is -2.52. The van der Waals surface area contributed by atoms with E-state index in [0.29, 0.717) is 12.0 Å². The van der Waals surface area contributed by atoms with E-state index >= 15 is 0 Å². The first-order chi connectivity index (χ1) is 7.66. The van der Waals surface area contributed by atoms with Crippen molar-refractivity contribution in [2.45, 2.75) is 44.8 Å². The highest BCUT2D eigenvalue weighted by molar-refractivity contribution is 4.82. The molecule has 3 unspecified atom stereocenters. The quantitative estimate of drug-likeness (QED) is 0.766. The zero-order chi connectivity index (χ0) is 11.5. The fourth-order valence-corrected chi connectivity index (χ4v) is 3.02. The van der Waals surface area contributed by atoms with Crippen LogP contribution in [0.25, 0.3) is 0 Å². The first-order valence-corrected chi connectivity index (χ1v) is 6.77. The normalized spacial score (nSPS) is 38.8. The van der Waals surface area contributed by atoms with Gasteiger partial charge in [-0.3, -0.25) is 0 Å². The van der Waals surface area contributed by atoms with Gasteiger partial charge in [0.1, 0.15) is 0 Å². The molecule has 3 heteroatoms. The van der Waals surface area contributed by atoms with E-state index in [2.05, 4.69) is 23.8 Å². The summed E-state index contributed by atoms with van der Waals surface area (Å²) in [5.74, 6) is 0.532. The van der Waals surface area contributed by atoms with Gasteiger partial charge in [-0.05, 0) is 32.7 Å². The molecule has 0 aromatic heterocycles. The molecule has 0 bridgehead atoms. The molecule has 0 aromatic rings. The number of piperazine rings is 1. The third kappa shape index (κ3) is 2.96. The predicted octanol–water partition coefficient (Wildman–Crippen LogP) is 1.17. The molecule has 0 amide bonds. The minimum atomic E-state index is -0.0382. The van der Waals surface area contributed by atoms with Gasteiger partial charge in [0.15, 0.2) is 0 Å². The summed E-state index contributed by atoms with van der Waals surface area (Å²) in [5.41, 5.74) is 0. The monoisotopic (exact) mass is 226 g/mol. The highest BCUT2D eigenvalue weighted by atomic mass is 16.3. The fraction of sp³-hybridized carbons (Fsp3) is 1.00. The number of rotatable bonds is 2. The van der Waals surface area contributed by atoms with Gasteiger partial charge in [-0.2, -0.15) is 0 Å². The topological polar surface area (TPSA) is 26.7 Å². The maximum Gasteiger partial charge on any atom is 0.0580 e. The van der Waals surface area contributed by atoms with E-state index < -0.39 is 0 Å². The van der Waals surface area contributed by atoms with Crippen molar-refractivity contribution >= 4 is 0 Å². The van der Waals surface area contributed by atoms with Crippen LogP contribution in [-0.4, -0.2) is 60.3 Å². The van der Waals surface area contributed by atoms with E-state index in [9.17, 15) is 5.11 Å². The molecule has 0 spiro atoms. The van der Waals surface area contributed by atoms with Crippen molar-refractivity contribution < 1.29 is 5.11 Å². The van der Waals surface area contributed by atoms with E-state index in [4.69, 9.17) is 0 Å². The molecule has 2 rings (SSSR count). The van der Waals surface area contributed by atoms with Crippen molar-refractivity contribution in [3.8, 4) is 0 Å². The first-order valence-electron chi connectivity index (χ1n) is 6.77. The van der Waals surface area contributed by atoms with Crippen LogP contribution in [0.3, 0.4) is 0 Å². The van der Waals surface area contributed by atoms with Gasteiger partial charge < -0.3 is 14.9 Å². The van der Waals surface area contributed by atoms with Crippen LogP contribution in [0.5, 0.6) is 0 Å². The third-order valence-electron chi connectivity index (χ3n) is 4.41. The maximum absolute atomic E-state index is 9.98. The Labute approximate surface area is 99.4 Å². The van der Waals surface area contributed by atoms with Gasteiger partial charge in [-0.15, -0.1) is 0 Å². The van der Waals surface area contributed by atoms with Gasteiger partial charge >= 0.3 is 0 Å². The number of nitrogens with zero attached hydrogens (tertiary/aromatic N) is 2. The smallest absolute Gasteiger partial charge is 0.0580 e. The van der Waals surface area contributed by atoms with E-state index in [1.165, 1.54) is 38.9 Å². The number of aliphatic hydroxyl groups excluding tert-OH is 1. The molecular weight excluding hydrogens is 200 g/mol. The average molecular weight is 226 g/mol. The lowest BCUT2D eigenvalue weighted by molar-refractivity contribution is 0.0255. The molecule has 1 saturated heterocycles. The van der Waals surface area contributed by atoms with Crippen LogP contribution in [0, 0.1) is 5.92 Å². The molecule has 2 aliphatic rings. The van der Waals surface area contributed by atoms with Gasteiger partial charge in [-0.1, -0.05) is 12.8 Å². The Balaban J connectivity index is 1.80. The fourth-order valence-electron chi connectivity index (χ4n) is 3.02. The van der Waals surface area contributed by atoms with Crippen LogP contribution < -0.4 is 0 Å². The molecule has 1 aliphatic carbocycles. The van der Waals surface area contributed by atoms with E-state index in [-0.39, 0.29) is 6.10 Å². The minimum Gasteiger partial charge on any atom is -0.393 e. The van der Waals surface area contributed by atoms with Crippen LogP contribution in [0.1, 0.15) is 32.6 Å². The Morgan fingerprint density at radius 2 is 1.94 bits per heavy atom. The predicted molar refractivity (Wildman–Crippen MR) is 66.5 cm³/mol. The molecule has 16 heavy (non-hydrogen) atoms. The lowest BCUT2D eigenvalue weighted by Gasteiger charge is -2.40. The van der Waals surface area contributed by atoms with Crippen molar-refractivity contribution in [3.05, 3.63) is 0 Å². The van der Waals surface area contributed by atoms with Crippen LogP contribution >= 0.6 is 0 Å². The highest BCUT2D eigenvalue weighted by Gasteiger charge is 2.27. The Bertz CT molecular complexity index is 222. The van der Waals surface area contributed by atoms with E-state index in [0.717, 1.165) is 13.0 Å². The van der Waals surface area contributed by atoms with Crippen LogP contribution in [0.15, 0.2) is 0 Å².